The predicted octanol–water partition coefficient (Wildman–Crippen LogP) is 3.66. The Labute approximate surface area is 156 Å². The van der Waals surface area contributed by atoms with Crippen LogP contribution in [0.1, 0.15) is 43.5 Å². The predicted molar refractivity (Wildman–Crippen MR) is 103 cm³/mol. The molecule has 26 heavy (non-hydrogen) atoms. The van der Waals surface area contributed by atoms with Gasteiger partial charge in [-0.3, -0.25) is 9.48 Å². The van der Waals surface area contributed by atoms with Crippen LogP contribution in [-0.2, 0) is 6.54 Å². The van der Waals surface area contributed by atoms with E-state index in [0.29, 0.717) is 0 Å². The van der Waals surface area contributed by atoms with Crippen LogP contribution in [0.15, 0.2) is 42.7 Å². The molecule has 0 radical (unpaired) electrons. The lowest BCUT2D eigenvalue weighted by Gasteiger charge is -2.32. The maximum absolute atomic E-state index is 12.9. The van der Waals surface area contributed by atoms with Gasteiger partial charge < -0.3 is 9.64 Å². The van der Waals surface area contributed by atoms with Gasteiger partial charge in [-0.25, -0.2) is 0 Å². The van der Waals surface area contributed by atoms with Crippen molar-refractivity contribution in [3.8, 4) is 5.75 Å². The summed E-state index contributed by atoms with van der Waals surface area (Å²) < 4.78 is 7.70. The van der Waals surface area contributed by atoms with E-state index in [9.17, 15) is 4.79 Å². The second kappa shape index (κ2) is 8.99. The quantitative estimate of drug-likeness (QED) is 0.678. The maximum atomic E-state index is 12.9. The summed E-state index contributed by atoms with van der Waals surface area (Å²) in [5.41, 5.74) is 0.770. The molecule has 0 saturated carbocycles. The largest absolute Gasteiger partial charge is 0.491 e. The molecule has 0 bridgehead atoms. The summed E-state index contributed by atoms with van der Waals surface area (Å²) in [6, 6.07) is 9.58. The molecule has 3 rings (SSSR count). The van der Waals surface area contributed by atoms with Crippen LogP contribution in [0.25, 0.3) is 0 Å². The number of carbonyl (C=O) groups is 1. The molecular formula is C21H29N3O2. The van der Waals surface area contributed by atoms with Gasteiger partial charge >= 0.3 is 0 Å². The van der Waals surface area contributed by atoms with Crippen LogP contribution in [-0.4, -0.2) is 46.2 Å². The minimum Gasteiger partial charge on any atom is -0.491 e. The third kappa shape index (κ3) is 5.18. The van der Waals surface area contributed by atoms with Crippen LogP contribution < -0.4 is 4.74 Å². The van der Waals surface area contributed by atoms with Crippen molar-refractivity contribution in [2.75, 3.05) is 19.6 Å². The average Bonchev–Trinajstić information content (AvgIpc) is 3.14. The molecular weight excluding hydrogens is 326 g/mol. The van der Waals surface area contributed by atoms with Crippen LogP contribution in [0, 0.1) is 5.92 Å². The SMILES string of the molecule is CC(C)Oc1cccc(C(=O)C2CCCN(CCCn3cccn3)C2)c1. The molecule has 0 N–H and O–H groups in total. The maximum Gasteiger partial charge on any atom is 0.167 e. The summed E-state index contributed by atoms with van der Waals surface area (Å²) in [6.07, 6.45) is 7.03. The number of carbonyl (C=O) groups excluding carboxylic acids is 1. The monoisotopic (exact) mass is 355 g/mol. The number of benzene rings is 1. The number of ether oxygens (including phenoxy) is 1. The lowest BCUT2D eigenvalue weighted by molar-refractivity contribution is 0.0816. The van der Waals surface area contributed by atoms with Crippen molar-refractivity contribution in [2.24, 2.45) is 5.92 Å². The van der Waals surface area contributed by atoms with E-state index in [0.717, 1.165) is 56.8 Å². The Morgan fingerprint density at radius 2 is 2.19 bits per heavy atom. The van der Waals surface area contributed by atoms with Crippen molar-refractivity contribution in [3.05, 3.63) is 48.3 Å². The highest BCUT2D eigenvalue weighted by atomic mass is 16.5. The molecule has 1 atom stereocenters. The fraction of sp³-hybridized carbons (Fsp3) is 0.524. The molecule has 2 heterocycles. The Morgan fingerprint density at radius 1 is 1.31 bits per heavy atom. The van der Waals surface area contributed by atoms with E-state index < -0.39 is 0 Å². The molecule has 1 saturated heterocycles. The fourth-order valence-electron chi connectivity index (χ4n) is 3.59. The van der Waals surface area contributed by atoms with Crippen LogP contribution in [0.2, 0.25) is 0 Å². The van der Waals surface area contributed by atoms with Gasteiger partial charge in [-0.05, 0) is 64.4 Å². The molecule has 1 aliphatic rings. The lowest BCUT2D eigenvalue weighted by atomic mass is 9.90. The number of piperidine rings is 1. The zero-order valence-corrected chi connectivity index (χ0v) is 15.8. The number of aromatic nitrogens is 2. The zero-order valence-electron chi connectivity index (χ0n) is 15.8. The summed E-state index contributed by atoms with van der Waals surface area (Å²) in [5.74, 6) is 1.11. The molecule has 1 aromatic carbocycles. The number of likely N-dealkylation sites (tertiary alicyclic amines) is 1. The molecule has 1 aromatic heterocycles. The third-order valence-electron chi connectivity index (χ3n) is 4.79. The summed E-state index contributed by atoms with van der Waals surface area (Å²) in [6.45, 7) is 7.87. The number of hydrogen-bond donors (Lipinski definition) is 0. The summed E-state index contributed by atoms with van der Waals surface area (Å²) >= 11 is 0. The van der Waals surface area contributed by atoms with Crippen molar-refractivity contribution in [3.63, 3.8) is 0 Å². The van der Waals surface area contributed by atoms with E-state index in [1.54, 1.807) is 0 Å². The third-order valence-corrected chi connectivity index (χ3v) is 4.79. The first-order valence-corrected chi connectivity index (χ1v) is 9.62. The highest BCUT2D eigenvalue weighted by Crippen LogP contribution is 2.23. The minimum atomic E-state index is 0.0859. The number of hydrogen-bond acceptors (Lipinski definition) is 4. The van der Waals surface area contributed by atoms with Crippen molar-refractivity contribution in [1.29, 1.82) is 0 Å². The molecule has 1 aliphatic heterocycles. The first-order valence-electron chi connectivity index (χ1n) is 9.62. The minimum absolute atomic E-state index is 0.0859. The smallest absolute Gasteiger partial charge is 0.167 e. The summed E-state index contributed by atoms with van der Waals surface area (Å²) in [4.78, 5) is 15.4. The van der Waals surface area contributed by atoms with Crippen molar-refractivity contribution >= 4 is 5.78 Å². The lowest BCUT2D eigenvalue weighted by Crippen LogP contribution is -2.39. The standard InChI is InChI=1S/C21H29N3O2/c1-17(2)26-20-9-3-7-18(15-20)21(25)19-8-4-11-23(16-19)12-6-14-24-13-5-10-22-24/h3,5,7,9-10,13,15,17,19H,4,6,8,11-12,14,16H2,1-2H3. The Hall–Kier alpha value is -2.14. The Bertz CT molecular complexity index is 697. The van der Waals surface area contributed by atoms with Gasteiger partial charge in [0.1, 0.15) is 5.75 Å². The van der Waals surface area contributed by atoms with Gasteiger partial charge in [0.05, 0.1) is 6.10 Å². The van der Waals surface area contributed by atoms with Crippen LogP contribution in [0.5, 0.6) is 5.75 Å². The van der Waals surface area contributed by atoms with Crippen LogP contribution in [0.4, 0.5) is 0 Å². The van der Waals surface area contributed by atoms with E-state index in [2.05, 4.69) is 10.00 Å². The molecule has 0 spiro atoms. The summed E-state index contributed by atoms with van der Waals surface area (Å²) in [5, 5.41) is 4.24. The number of rotatable bonds is 8. The molecule has 2 aromatic rings. The Balaban J connectivity index is 1.54. The normalized spacial score (nSPS) is 18.2. The van der Waals surface area contributed by atoms with E-state index in [-0.39, 0.29) is 17.8 Å². The topological polar surface area (TPSA) is 47.4 Å². The molecule has 0 aliphatic carbocycles. The molecule has 0 amide bonds. The van der Waals surface area contributed by atoms with Crippen LogP contribution in [0.3, 0.4) is 0 Å². The fourth-order valence-corrected chi connectivity index (χ4v) is 3.59. The number of nitrogens with zero attached hydrogens (tertiary/aromatic N) is 3. The highest BCUT2D eigenvalue weighted by Gasteiger charge is 2.26. The van der Waals surface area contributed by atoms with E-state index in [4.69, 9.17) is 4.74 Å². The van der Waals surface area contributed by atoms with Crippen LogP contribution >= 0.6 is 0 Å². The number of ketones is 1. The van der Waals surface area contributed by atoms with Gasteiger partial charge in [-0.2, -0.15) is 5.10 Å². The van der Waals surface area contributed by atoms with Gasteiger partial charge in [0.25, 0.3) is 0 Å². The number of Topliss-reactive ketones (excluding diaryl/α,β-unsaturated/α-hetero) is 1. The molecule has 5 heteroatoms. The molecule has 1 fully saturated rings. The van der Waals surface area contributed by atoms with Gasteiger partial charge in [0.15, 0.2) is 5.78 Å². The molecule has 1 unspecified atom stereocenters. The second-order valence-corrected chi connectivity index (χ2v) is 7.32. The summed E-state index contributed by atoms with van der Waals surface area (Å²) in [7, 11) is 0. The van der Waals surface area contributed by atoms with Gasteiger partial charge in [0, 0.05) is 37.0 Å². The Morgan fingerprint density at radius 3 is 2.96 bits per heavy atom. The van der Waals surface area contributed by atoms with Gasteiger partial charge in [0.2, 0.25) is 0 Å². The van der Waals surface area contributed by atoms with Crippen molar-refractivity contribution in [2.45, 2.75) is 45.8 Å². The highest BCUT2D eigenvalue weighted by molar-refractivity contribution is 5.98. The molecule has 5 nitrogen and oxygen atoms in total. The van der Waals surface area contributed by atoms with Gasteiger partial charge in [-0.15, -0.1) is 0 Å². The van der Waals surface area contributed by atoms with E-state index in [1.807, 2.05) is 61.3 Å². The first-order chi connectivity index (χ1) is 12.6. The first kappa shape index (κ1) is 18.6. The van der Waals surface area contributed by atoms with E-state index >= 15 is 0 Å². The Kier molecular flexibility index (Phi) is 6.45. The average molecular weight is 355 g/mol. The number of aryl methyl sites for hydroxylation is 1. The molecule has 140 valence electrons. The van der Waals surface area contributed by atoms with Crippen molar-refractivity contribution < 1.29 is 9.53 Å². The van der Waals surface area contributed by atoms with Gasteiger partial charge in [-0.1, -0.05) is 12.1 Å². The van der Waals surface area contributed by atoms with E-state index in [1.165, 1.54) is 0 Å². The van der Waals surface area contributed by atoms with Crippen molar-refractivity contribution in [1.82, 2.24) is 14.7 Å². The second-order valence-electron chi connectivity index (χ2n) is 7.32. The zero-order chi connectivity index (χ0) is 18.4.